The molecule has 22 heavy (non-hydrogen) atoms. The van der Waals surface area contributed by atoms with E-state index in [0.717, 1.165) is 25.0 Å². The molecule has 0 bridgehead atoms. The van der Waals surface area contributed by atoms with Crippen molar-refractivity contribution in [3.8, 4) is 6.07 Å². The number of benzene rings is 1. The van der Waals surface area contributed by atoms with Crippen LogP contribution in [0, 0.1) is 11.3 Å². The van der Waals surface area contributed by atoms with E-state index in [9.17, 15) is 4.79 Å². The maximum absolute atomic E-state index is 11.9. The zero-order chi connectivity index (χ0) is 15.8. The number of carbonyl (C=O) groups is 1. The molecule has 0 saturated carbocycles. The van der Waals surface area contributed by atoms with E-state index in [1.54, 1.807) is 12.1 Å². The zero-order valence-electron chi connectivity index (χ0n) is 12.1. The van der Waals surface area contributed by atoms with Gasteiger partial charge in [0.25, 0.3) is 5.91 Å². The minimum atomic E-state index is -0.405. The van der Waals surface area contributed by atoms with Crippen LogP contribution in [0.1, 0.15) is 18.4 Å². The maximum Gasteiger partial charge on any atom is 0.263 e. The number of rotatable bonds is 6. The van der Waals surface area contributed by atoms with Crippen LogP contribution >= 0.6 is 11.6 Å². The smallest absolute Gasteiger partial charge is 0.263 e. The Balaban J connectivity index is 1.80. The van der Waals surface area contributed by atoms with Crippen LogP contribution in [0.2, 0.25) is 5.02 Å². The highest BCUT2D eigenvalue weighted by Crippen LogP contribution is 2.11. The molecule has 2 rings (SSSR count). The highest BCUT2D eigenvalue weighted by molar-refractivity contribution is 6.30. The van der Waals surface area contributed by atoms with E-state index in [4.69, 9.17) is 21.6 Å². The molecule has 1 unspecified atom stereocenters. The van der Waals surface area contributed by atoms with Gasteiger partial charge in [0.05, 0.1) is 6.10 Å². The molecule has 0 radical (unpaired) electrons. The fourth-order valence-electron chi connectivity index (χ4n) is 2.13. The summed E-state index contributed by atoms with van der Waals surface area (Å²) in [6.45, 7) is 1.74. The van der Waals surface area contributed by atoms with Crippen molar-refractivity contribution in [2.45, 2.75) is 25.5 Å². The third-order valence-corrected chi connectivity index (χ3v) is 3.60. The SMILES string of the molecule is N#C/C(=C/NCC1CCCO1)C(=O)NCc1ccc(Cl)cc1. The Morgan fingerprint density at radius 3 is 2.86 bits per heavy atom. The van der Waals surface area contributed by atoms with Gasteiger partial charge in [-0.3, -0.25) is 4.79 Å². The minimum Gasteiger partial charge on any atom is -0.387 e. The summed E-state index contributed by atoms with van der Waals surface area (Å²) in [4.78, 5) is 11.9. The maximum atomic E-state index is 11.9. The summed E-state index contributed by atoms with van der Waals surface area (Å²) in [5.41, 5.74) is 0.967. The van der Waals surface area contributed by atoms with E-state index in [1.165, 1.54) is 6.20 Å². The number of ether oxygens (including phenoxy) is 1. The second-order valence-electron chi connectivity index (χ2n) is 5.02. The molecule has 1 atom stereocenters. The van der Waals surface area contributed by atoms with E-state index < -0.39 is 5.91 Å². The van der Waals surface area contributed by atoms with Gasteiger partial charge in [-0.05, 0) is 30.5 Å². The molecule has 0 aromatic heterocycles. The minimum absolute atomic E-state index is 0.0481. The lowest BCUT2D eigenvalue weighted by Gasteiger charge is -2.09. The van der Waals surface area contributed by atoms with Crippen molar-refractivity contribution in [3.05, 3.63) is 46.6 Å². The Morgan fingerprint density at radius 1 is 1.45 bits per heavy atom. The number of hydrogen-bond acceptors (Lipinski definition) is 4. The molecule has 1 saturated heterocycles. The number of nitrogens with zero attached hydrogens (tertiary/aromatic N) is 1. The predicted octanol–water partition coefficient (Wildman–Crippen LogP) is 2.13. The Morgan fingerprint density at radius 2 is 2.23 bits per heavy atom. The Labute approximate surface area is 134 Å². The first-order valence-corrected chi connectivity index (χ1v) is 7.54. The van der Waals surface area contributed by atoms with Gasteiger partial charge >= 0.3 is 0 Å². The molecule has 5 nitrogen and oxygen atoms in total. The molecule has 116 valence electrons. The zero-order valence-corrected chi connectivity index (χ0v) is 12.9. The first-order valence-electron chi connectivity index (χ1n) is 7.17. The normalized spacial score (nSPS) is 17.8. The summed E-state index contributed by atoms with van der Waals surface area (Å²) in [7, 11) is 0. The van der Waals surface area contributed by atoms with Crippen LogP contribution in [0.25, 0.3) is 0 Å². The van der Waals surface area contributed by atoms with Crippen LogP contribution in [-0.4, -0.2) is 25.2 Å². The molecule has 1 aromatic carbocycles. The van der Waals surface area contributed by atoms with Crippen LogP contribution in [0.4, 0.5) is 0 Å². The molecule has 1 aromatic rings. The molecular formula is C16H18ClN3O2. The second kappa shape index (κ2) is 8.42. The van der Waals surface area contributed by atoms with Gasteiger partial charge in [-0.1, -0.05) is 23.7 Å². The number of halogens is 1. The molecular weight excluding hydrogens is 302 g/mol. The second-order valence-corrected chi connectivity index (χ2v) is 5.46. The molecule has 0 aliphatic carbocycles. The van der Waals surface area contributed by atoms with Gasteiger partial charge in [0.2, 0.25) is 0 Å². The van der Waals surface area contributed by atoms with Crippen LogP contribution in [-0.2, 0) is 16.1 Å². The van der Waals surface area contributed by atoms with Crippen LogP contribution in [0.3, 0.4) is 0 Å². The van der Waals surface area contributed by atoms with E-state index in [-0.39, 0.29) is 11.7 Å². The fourth-order valence-corrected chi connectivity index (χ4v) is 2.25. The van der Waals surface area contributed by atoms with Gasteiger partial charge in [-0.2, -0.15) is 5.26 Å². The highest BCUT2D eigenvalue weighted by Gasteiger charge is 2.14. The summed E-state index contributed by atoms with van der Waals surface area (Å²) in [6, 6.07) is 9.07. The topological polar surface area (TPSA) is 74.1 Å². The number of hydrogen-bond donors (Lipinski definition) is 2. The van der Waals surface area contributed by atoms with Crippen molar-refractivity contribution < 1.29 is 9.53 Å². The summed E-state index contributed by atoms with van der Waals surface area (Å²) < 4.78 is 5.46. The van der Waals surface area contributed by atoms with Gasteiger partial charge in [-0.25, -0.2) is 0 Å². The van der Waals surface area contributed by atoms with Crippen molar-refractivity contribution in [3.63, 3.8) is 0 Å². The van der Waals surface area contributed by atoms with Crippen LogP contribution in [0.15, 0.2) is 36.0 Å². The Hall–Kier alpha value is -2.03. The summed E-state index contributed by atoms with van der Waals surface area (Å²) >= 11 is 5.80. The quantitative estimate of drug-likeness (QED) is 0.622. The molecule has 1 fully saturated rings. The fraction of sp³-hybridized carbons (Fsp3) is 0.375. The van der Waals surface area contributed by atoms with Crippen molar-refractivity contribution in [1.82, 2.24) is 10.6 Å². The monoisotopic (exact) mass is 319 g/mol. The number of carbonyl (C=O) groups excluding carboxylic acids is 1. The lowest BCUT2D eigenvalue weighted by molar-refractivity contribution is -0.117. The molecule has 1 aliphatic heterocycles. The van der Waals surface area contributed by atoms with Crippen LogP contribution < -0.4 is 10.6 Å². The Kier molecular flexibility index (Phi) is 6.26. The molecule has 1 heterocycles. The number of amides is 1. The van der Waals surface area contributed by atoms with Gasteiger partial charge in [-0.15, -0.1) is 0 Å². The summed E-state index contributed by atoms with van der Waals surface area (Å²) in [5, 5.41) is 15.4. The standard InChI is InChI=1S/C16H18ClN3O2/c17-14-5-3-12(4-6-14)9-20-16(21)13(8-18)10-19-11-15-2-1-7-22-15/h3-6,10,15,19H,1-2,7,9,11H2,(H,20,21)/b13-10-. The largest absolute Gasteiger partial charge is 0.387 e. The first kappa shape index (κ1) is 16.3. The van der Waals surface area contributed by atoms with Gasteiger partial charge in [0.15, 0.2) is 0 Å². The summed E-state index contributed by atoms with van der Waals surface area (Å²) in [5.74, 6) is -0.405. The molecule has 1 aliphatic rings. The molecule has 0 spiro atoms. The van der Waals surface area contributed by atoms with Crippen molar-refractivity contribution in [2.75, 3.05) is 13.2 Å². The van der Waals surface area contributed by atoms with E-state index in [0.29, 0.717) is 18.1 Å². The lowest BCUT2D eigenvalue weighted by atomic mass is 10.2. The Bertz CT molecular complexity index is 572. The van der Waals surface area contributed by atoms with Gasteiger partial charge in [0, 0.05) is 30.9 Å². The molecule has 1 amide bonds. The predicted molar refractivity (Wildman–Crippen MR) is 84.0 cm³/mol. The van der Waals surface area contributed by atoms with Crippen molar-refractivity contribution in [2.24, 2.45) is 0 Å². The van der Waals surface area contributed by atoms with E-state index in [2.05, 4.69) is 10.6 Å². The third-order valence-electron chi connectivity index (χ3n) is 3.35. The average Bonchev–Trinajstić information content (AvgIpc) is 3.04. The first-order chi connectivity index (χ1) is 10.7. The van der Waals surface area contributed by atoms with Gasteiger partial charge in [0.1, 0.15) is 11.6 Å². The lowest BCUT2D eigenvalue weighted by Crippen LogP contribution is -2.27. The highest BCUT2D eigenvalue weighted by atomic mass is 35.5. The molecule has 2 N–H and O–H groups in total. The average molecular weight is 320 g/mol. The van der Waals surface area contributed by atoms with E-state index >= 15 is 0 Å². The summed E-state index contributed by atoms with van der Waals surface area (Å²) in [6.07, 6.45) is 3.67. The third kappa shape index (κ3) is 5.06. The van der Waals surface area contributed by atoms with Crippen molar-refractivity contribution >= 4 is 17.5 Å². The van der Waals surface area contributed by atoms with Gasteiger partial charge < -0.3 is 15.4 Å². The van der Waals surface area contributed by atoms with Crippen molar-refractivity contribution in [1.29, 1.82) is 5.26 Å². The number of nitrogens with one attached hydrogen (secondary N) is 2. The molecule has 6 heteroatoms. The van der Waals surface area contributed by atoms with E-state index in [1.807, 2.05) is 18.2 Å². The van der Waals surface area contributed by atoms with Crippen LogP contribution in [0.5, 0.6) is 0 Å². The number of nitriles is 1.